The third-order valence-electron chi connectivity index (χ3n) is 3.59. The predicted octanol–water partition coefficient (Wildman–Crippen LogP) is 1.86. The van der Waals surface area contributed by atoms with E-state index in [0.717, 1.165) is 0 Å². The molecule has 1 unspecified atom stereocenters. The fraction of sp³-hybridized carbons (Fsp3) is 0.857. The Hall–Kier alpha value is -1.51. The highest BCUT2D eigenvalue weighted by Gasteiger charge is 2.52. The van der Waals surface area contributed by atoms with Crippen molar-refractivity contribution < 1.29 is 32.6 Å². The van der Waals surface area contributed by atoms with Crippen LogP contribution in [0.4, 0.5) is 18.0 Å². The number of carbonyl (C=O) groups is 2. The zero-order chi connectivity index (χ0) is 18.1. The molecule has 0 aromatic rings. The van der Waals surface area contributed by atoms with Gasteiger partial charge in [0, 0.05) is 0 Å². The van der Waals surface area contributed by atoms with E-state index in [9.17, 15) is 27.9 Å². The summed E-state index contributed by atoms with van der Waals surface area (Å²) in [6.07, 6.45) is -4.43. The zero-order valence-corrected chi connectivity index (χ0v) is 13.6. The van der Waals surface area contributed by atoms with Crippen molar-refractivity contribution in [2.24, 2.45) is 0 Å². The van der Waals surface area contributed by atoms with E-state index in [1.807, 2.05) is 0 Å². The first-order valence-electron chi connectivity index (χ1n) is 7.27. The number of alkyl halides is 3. The van der Waals surface area contributed by atoms with Gasteiger partial charge in [0.05, 0.1) is 6.54 Å². The fourth-order valence-corrected chi connectivity index (χ4v) is 1.96. The molecule has 0 saturated heterocycles. The number of rotatable bonds is 4. The van der Waals surface area contributed by atoms with Crippen molar-refractivity contribution in [1.82, 2.24) is 10.6 Å². The van der Waals surface area contributed by atoms with E-state index < -0.39 is 41.5 Å². The van der Waals surface area contributed by atoms with Gasteiger partial charge < -0.3 is 20.5 Å². The molecule has 6 nitrogen and oxygen atoms in total. The van der Waals surface area contributed by atoms with E-state index in [-0.39, 0.29) is 0 Å². The molecule has 23 heavy (non-hydrogen) atoms. The molecule has 9 heteroatoms. The average Bonchev–Trinajstić information content (AvgIpc) is 2.27. The standard InChI is InChI=1S/C14H23F3N2O4/c1-11(2,3)23-10(21)19-13(6-5-7-13)9(20)18-8-12(4,22)14(15,16)17/h22H,5-8H2,1-4H3,(H,18,20)(H,19,21). The Morgan fingerprint density at radius 2 is 1.70 bits per heavy atom. The fourth-order valence-electron chi connectivity index (χ4n) is 1.96. The van der Waals surface area contributed by atoms with Crippen molar-refractivity contribution in [3.63, 3.8) is 0 Å². The number of halogens is 3. The molecule has 0 heterocycles. The molecule has 0 aromatic carbocycles. The lowest BCUT2D eigenvalue weighted by Crippen LogP contribution is -2.65. The van der Waals surface area contributed by atoms with Crippen molar-refractivity contribution >= 4 is 12.0 Å². The Balaban J connectivity index is 2.67. The Morgan fingerprint density at radius 1 is 1.17 bits per heavy atom. The maximum Gasteiger partial charge on any atom is 0.418 e. The molecule has 1 aliphatic rings. The summed E-state index contributed by atoms with van der Waals surface area (Å²) in [7, 11) is 0. The van der Waals surface area contributed by atoms with Crippen LogP contribution in [0.5, 0.6) is 0 Å². The van der Waals surface area contributed by atoms with Crippen LogP contribution in [0.15, 0.2) is 0 Å². The number of nitrogens with one attached hydrogen (secondary N) is 2. The lowest BCUT2D eigenvalue weighted by Gasteiger charge is -2.41. The Bertz CT molecular complexity index is 466. The molecule has 0 spiro atoms. The summed E-state index contributed by atoms with van der Waals surface area (Å²) in [4.78, 5) is 24.0. The SMILES string of the molecule is CC(C)(C)OC(=O)NC1(C(=O)NCC(C)(O)C(F)(F)F)CCC1. The molecule has 0 aliphatic heterocycles. The second-order valence-corrected chi connectivity index (χ2v) is 7.02. The van der Waals surface area contributed by atoms with E-state index in [2.05, 4.69) is 10.6 Å². The number of carbonyl (C=O) groups excluding carboxylic acids is 2. The van der Waals surface area contributed by atoms with E-state index in [4.69, 9.17) is 4.74 Å². The number of alkyl carbamates (subject to hydrolysis) is 1. The summed E-state index contributed by atoms with van der Waals surface area (Å²) in [5.41, 5.74) is -5.09. The number of ether oxygens (including phenoxy) is 1. The zero-order valence-electron chi connectivity index (χ0n) is 13.6. The topological polar surface area (TPSA) is 87.7 Å². The minimum atomic E-state index is -4.87. The summed E-state index contributed by atoms with van der Waals surface area (Å²) >= 11 is 0. The molecule has 1 rings (SSSR count). The van der Waals surface area contributed by atoms with Crippen LogP contribution in [0.25, 0.3) is 0 Å². The lowest BCUT2D eigenvalue weighted by molar-refractivity contribution is -0.250. The second kappa shape index (κ2) is 6.18. The van der Waals surface area contributed by atoms with Gasteiger partial charge in [-0.05, 0) is 47.0 Å². The first kappa shape index (κ1) is 19.5. The quantitative estimate of drug-likeness (QED) is 0.729. The lowest BCUT2D eigenvalue weighted by atomic mass is 9.76. The van der Waals surface area contributed by atoms with E-state index >= 15 is 0 Å². The van der Waals surface area contributed by atoms with Gasteiger partial charge >= 0.3 is 12.3 Å². The number of amides is 2. The summed E-state index contributed by atoms with van der Waals surface area (Å²) < 4.78 is 42.8. The van der Waals surface area contributed by atoms with Crippen molar-refractivity contribution in [2.45, 2.75) is 69.9 Å². The van der Waals surface area contributed by atoms with Crippen molar-refractivity contribution in [3.05, 3.63) is 0 Å². The Morgan fingerprint density at radius 3 is 2.04 bits per heavy atom. The molecule has 0 bridgehead atoms. The largest absolute Gasteiger partial charge is 0.444 e. The first-order chi connectivity index (χ1) is 10.2. The van der Waals surface area contributed by atoms with Gasteiger partial charge in [0.2, 0.25) is 5.91 Å². The Kier molecular flexibility index (Phi) is 5.25. The maximum absolute atomic E-state index is 12.6. The second-order valence-electron chi connectivity index (χ2n) is 7.02. The van der Waals surface area contributed by atoms with Gasteiger partial charge in [0.15, 0.2) is 5.60 Å². The van der Waals surface area contributed by atoms with Crippen LogP contribution >= 0.6 is 0 Å². The molecule has 1 aliphatic carbocycles. The average molecular weight is 340 g/mol. The van der Waals surface area contributed by atoms with Crippen LogP contribution in [-0.4, -0.2) is 46.6 Å². The molecule has 1 saturated carbocycles. The van der Waals surface area contributed by atoms with Gasteiger partial charge in [-0.25, -0.2) is 4.79 Å². The molecular weight excluding hydrogens is 317 g/mol. The van der Waals surface area contributed by atoms with Crippen LogP contribution in [0.2, 0.25) is 0 Å². The molecule has 1 fully saturated rings. The van der Waals surface area contributed by atoms with Gasteiger partial charge in [-0.15, -0.1) is 0 Å². The van der Waals surface area contributed by atoms with E-state index in [1.165, 1.54) is 0 Å². The van der Waals surface area contributed by atoms with E-state index in [1.54, 1.807) is 20.8 Å². The van der Waals surface area contributed by atoms with Gasteiger partial charge in [0.25, 0.3) is 0 Å². The maximum atomic E-state index is 12.6. The highest BCUT2D eigenvalue weighted by Crippen LogP contribution is 2.33. The minimum absolute atomic E-state index is 0.298. The highest BCUT2D eigenvalue weighted by molar-refractivity contribution is 5.91. The molecule has 1 atom stereocenters. The van der Waals surface area contributed by atoms with Crippen LogP contribution in [0.1, 0.15) is 47.0 Å². The first-order valence-corrected chi connectivity index (χ1v) is 7.27. The minimum Gasteiger partial charge on any atom is -0.444 e. The number of hydrogen-bond acceptors (Lipinski definition) is 4. The third kappa shape index (κ3) is 4.98. The number of hydrogen-bond donors (Lipinski definition) is 3. The summed E-state index contributed by atoms with van der Waals surface area (Å²) in [6.45, 7) is 4.54. The van der Waals surface area contributed by atoms with Gasteiger partial charge in [-0.3, -0.25) is 4.79 Å². The highest BCUT2D eigenvalue weighted by atomic mass is 19.4. The third-order valence-corrected chi connectivity index (χ3v) is 3.59. The van der Waals surface area contributed by atoms with Crippen molar-refractivity contribution in [1.29, 1.82) is 0 Å². The molecule has 2 amide bonds. The molecule has 0 aromatic heterocycles. The van der Waals surface area contributed by atoms with Crippen LogP contribution in [-0.2, 0) is 9.53 Å². The van der Waals surface area contributed by atoms with Crippen LogP contribution < -0.4 is 10.6 Å². The predicted molar refractivity (Wildman–Crippen MR) is 75.6 cm³/mol. The summed E-state index contributed by atoms with van der Waals surface area (Å²) in [6, 6.07) is 0. The monoisotopic (exact) mass is 340 g/mol. The molecular formula is C14H23F3N2O4. The molecule has 3 N–H and O–H groups in total. The van der Waals surface area contributed by atoms with E-state index in [0.29, 0.717) is 26.2 Å². The summed E-state index contributed by atoms with van der Waals surface area (Å²) in [5.74, 6) is -0.765. The smallest absolute Gasteiger partial charge is 0.418 e. The summed E-state index contributed by atoms with van der Waals surface area (Å²) in [5, 5.41) is 13.8. The normalized spacial score (nSPS) is 20.0. The molecule has 134 valence electrons. The Labute approximate surface area is 132 Å². The van der Waals surface area contributed by atoms with Gasteiger partial charge in [-0.2, -0.15) is 13.2 Å². The number of aliphatic hydroxyl groups is 1. The van der Waals surface area contributed by atoms with Crippen LogP contribution in [0.3, 0.4) is 0 Å². The van der Waals surface area contributed by atoms with Gasteiger partial charge in [-0.1, -0.05) is 0 Å². The van der Waals surface area contributed by atoms with Gasteiger partial charge in [0.1, 0.15) is 11.1 Å². The van der Waals surface area contributed by atoms with Crippen molar-refractivity contribution in [2.75, 3.05) is 6.54 Å². The van der Waals surface area contributed by atoms with Crippen LogP contribution in [0, 0.1) is 0 Å². The molecule has 0 radical (unpaired) electrons. The van der Waals surface area contributed by atoms with Crippen molar-refractivity contribution in [3.8, 4) is 0 Å².